The molecule has 4 nitrogen and oxygen atoms in total. The third-order valence-corrected chi connectivity index (χ3v) is 4.38. The first kappa shape index (κ1) is 18.4. The molecule has 0 atom stereocenters. The van der Waals surface area contributed by atoms with Crippen molar-refractivity contribution in [2.24, 2.45) is 0 Å². The molecule has 0 aliphatic heterocycles. The van der Waals surface area contributed by atoms with Crippen molar-refractivity contribution in [2.45, 2.75) is 18.3 Å². The number of amides is 1. The molecule has 1 aliphatic carbocycles. The van der Waals surface area contributed by atoms with Crippen LogP contribution >= 0.6 is 28.3 Å². The van der Waals surface area contributed by atoms with Crippen molar-refractivity contribution in [3.05, 3.63) is 34.3 Å². The summed E-state index contributed by atoms with van der Waals surface area (Å²) >= 11 is 3.60. The fraction of sp³-hybridized carbons (Fsp3) is 0.533. The fourth-order valence-electron chi connectivity index (χ4n) is 2.29. The largest absolute Gasteiger partial charge is 0.383 e. The molecule has 118 valence electrons. The van der Waals surface area contributed by atoms with Crippen LogP contribution in [0.15, 0.2) is 28.7 Å². The van der Waals surface area contributed by atoms with Gasteiger partial charge in [0.1, 0.15) is 0 Å². The van der Waals surface area contributed by atoms with Gasteiger partial charge in [0.05, 0.1) is 13.2 Å². The van der Waals surface area contributed by atoms with Crippen LogP contribution in [0.25, 0.3) is 0 Å². The molecule has 1 aliphatic rings. The Kier molecular flexibility index (Phi) is 7.66. The number of benzene rings is 1. The molecular formula is C15H22BrClN2O2. The Balaban J connectivity index is 0.00000220. The summed E-state index contributed by atoms with van der Waals surface area (Å²) in [7, 11) is 1.65. The average molecular weight is 378 g/mol. The summed E-state index contributed by atoms with van der Waals surface area (Å²) in [5, 5.41) is 6.07. The van der Waals surface area contributed by atoms with E-state index in [0.29, 0.717) is 26.2 Å². The molecule has 0 unspecified atom stereocenters. The van der Waals surface area contributed by atoms with E-state index in [1.165, 1.54) is 5.56 Å². The van der Waals surface area contributed by atoms with E-state index in [9.17, 15) is 4.79 Å². The lowest BCUT2D eigenvalue weighted by atomic mass is 9.96. The molecule has 6 heteroatoms. The topological polar surface area (TPSA) is 50.4 Å². The minimum absolute atomic E-state index is 0. The predicted molar refractivity (Wildman–Crippen MR) is 90.1 cm³/mol. The highest BCUT2D eigenvalue weighted by atomic mass is 79.9. The van der Waals surface area contributed by atoms with Gasteiger partial charge < -0.3 is 15.4 Å². The molecule has 0 radical (unpaired) electrons. The van der Waals surface area contributed by atoms with Crippen molar-refractivity contribution in [3.8, 4) is 0 Å². The van der Waals surface area contributed by atoms with Gasteiger partial charge in [-0.25, -0.2) is 0 Å². The highest BCUT2D eigenvalue weighted by molar-refractivity contribution is 9.10. The van der Waals surface area contributed by atoms with Crippen LogP contribution in [0, 0.1) is 0 Å². The van der Waals surface area contributed by atoms with E-state index in [4.69, 9.17) is 4.74 Å². The van der Waals surface area contributed by atoms with Crippen LogP contribution in [-0.2, 0) is 14.9 Å². The summed E-state index contributed by atoms with van der Waals surface area (Å²) in [6, 6.07) is 8.26. The molecule has 1 amide bonds. The molecule has 0 spiro atoms. The maximum Gasteiger partial charge on any atom is 0.233 e. The average Bonchev–Trinajstić information content (AvgIpc) is 3.23. The second-order valence-corrected chi connectivity index (χ2v) is 6.06. The van der Waals surface area contributed by atoms with E-state index in [2.05, 4.69) is 38.7 Å². The molecular weight excluding hydrogens is 356 g/mol. The van der Waals surface area contributed by atoms with Crippen molar-refractivity contribution in [2.75, 3.05) is 33.4 Å². The Morgan fingerprint density at radius 1 is 1.38 bits per heavy atom. The van der Waals surface area contributed by atoms with Crippen molar-refractivity contribution in [1.29, 1.82) is 0 Å². The smallest absolute Gasteiger partial charge is 0.233 e. The molecule has 0 heterocycles. The normalized spacial score (nSPS) is 15.1. The Morgan fingerprint density at radius 3 is 2.71 bits per heavy atom. The second-order valence-electron chi connectivity index (χ2n) is 5.21. The van der Waals surface area contributed by atoms with Crippen LogP contribution in [0.3, 0.4) is 0 Å². The third kappa shape index (κ3) is 5.25. The molecule has 1 aromatic carbocycles. The Bertz CT molecular complexity index is 467. The van der Waals surface area contributed by atoms with Gasteiger partial charge in [-0.1, -0.05) is 34.1 Å². The monoisotopic (exact) mass is 376 g/mol. The zero-order valence-corrected chi connectivity index (χ0v) is 14.6. The van der Waals surface area contributed by atoms with Gasteiger partial charge in [-0.05, 0) is 24.5 Å². The number of carbonyl (C=O) groups excluding carboxylic acids is 1. The predicted octanol–water partition coefficient (Wildman–Crippen LogP) is 2.25. The minimum Gasteiger partial charge on any atom is -0.383 e. The molecule has 2 rings (SSSR count). The Hall–Kier alpha value is -0.620. The zero-order chi connectivity index (χ0) is 14.4. The third-order valence-electron chi connectivity index (χ3n) is 3.69. The highest BCUT2D eigenvalue weighted by Gasteiger charge is 2.45. The van der Waals surface area contributed by atoms with Gasteiger partial charge in [-0.2, -0.15) is 0 Å². The summed E-state index contributed by atoms with van der Waals surface area (Å²) in [4.78, 5) is 11.8. The number of ether oxygens (including phenoxy) is 1. The number of carbonyl (C=O) groups is 1. The van der Waals surface area contributed by atoms with Gasteiger partial charge >= 0.3 is 0 Å². The summed E-state index contributed by atoms with van der Waals surface area (Å²) < 4.78 is 6.05. The number of methoxy groups -OCH3 is 1. The summed E-state index contributed by atoms with van der Waals surface area (Å²) in [6.45, 7) is 2.36. The molecule has 2 N–H and O–H groups in total. The highest BCUT2D eigenvalue weighted by Crippen LogP contribution is 2.49. The Labute approximate surface area is 140 Å². The SMILES string of the molecule is COCCNCC(=O)NCC1(c2ccccc2Br)CC1.Cl. The first-order chi connectivity index (χ1) is 9.68. The first-order valence-corrected chi connectivity index (χ1v) is 7.69. The van der Waals surface area contributed by atoms with Crippen LogP contribution in [0.4, 0.5) is 0 Å². The number of nitrogens with one attached hydrogen (secondary N) is 2. The molecule has 1 aromatic rings. The number of hydrogen-bond donors (Lipinski definition) is 2. The second kappa shape index (κ2) is 8.73. The van der Waals surface area contributed by atoms with Crippen molar-refractivity contribution < 1.29 is 9.53 Å². The van der Waals surface area contributed by atoms with Crippen molar-refractivity contribution in [1.82, 2.24) is 10.6 Å². The fourth-order valence-corrected chi connectivity index (χ4v) is 3.00. The summed E-state index contributed by atoms with van der Waals surface area (Å²) in [5.41, 5.74) is 1.43. The van der Waals surface area contributed by atoms with E-state index >= 15 is 0 Å². The number of rotatable bonds is 8. The summed E-state index contributed by atoms with van der Waals surface area (Å²) in [6.07, 6.45) is 2.26. The van der Waals surface area contributed by atoms with Gasteiger partial charge in [0, 0.05) is 30.1 Å². The molecule has 0 saturated heterocycles. The van der Waals surface area contributed by atoms with E-state index in [0.717, 1.165) is 17.3 Å². The van der Waals surface area contributed by atoms with Crippen LogP contribution in [-0.4, -0.2) is 39.3 Å². The van der Waals surface area contributed by atoms with Crippen LogP contribution < -0.4 is 10.6 Å². The Morgan fingerprint density at radius 2 is 2.10 bits per heavy atom. The maximum atomic E-state index is 11.8. The van der Waals surface area contributed by atoms with Gasteiger partial charge in [-0.15, -0.1) is 12.4 Å². The van der Waals surface area contributed by atoms with Gasteiger partial charge in [0.25, 0.3) is 0 Å². The molecule has 1 fully saturated rings. The minimum atomic E-state index is 0. The van der Waals surface area contributed by atoms with Gasteiger partial charge in [-0.3, -0.25) is 4.79 Å². The lowest BCUT2D eigenvalue weighted by Crippen LogP contribution is -2.39. The van der Waals surface area contributed by atoms with E-state index < -0.39 is 0 Å². The van der Waals surface area contributed by atoms with E-state index in [1.807, 2.05) is 12.1 Å². The van der Waals surface area contributed by atoms with Gasteiger partial charge in [0.2, 0.25) is 5.91 Å². The molecule has 1 saturated carbocycles. The number of halogens is 2. The number of hydrogen-bond acceptors (Lipinski definition) is 3. The van der Waals surface area contributed by atoms with E-state index in [1.54, 1.807) is 7.11 Å². The molecule has 0 aromatic heterocycles. The maximum absolute atomic E-state index is 11.8. The lowest BCUT2D eigenvalue weighted by Gasteiger charge is -2.18. The van der Waals surface area contributed by atoms with Gasteiger partial charge in [0.15, 0.2) is 0 Å². The van der Waals surface area contributed by atoms with Crippen molar-refractivity contribution in [3.63, 3.8) is 0 Å². The van der Waals surface area contributed by atoms with E-state index in [-0.39, 0.29) is 23.7 Å². The molecule has 0 bridgehead atoms. The van der Waals surface area contributed by atoms with Crippen LogP contribution in [0.1, 0.15) is 18.4 Å². The standard InChI is InChI=1S/C15H21BrN2O2.ClH/c1-20-9-8-17-10-14(19)18-11-15(6-7-15)12-4-2-3-5-13(12)16;/h2-5,17H,6-11H2,1H3,(H,18,19);1H. The van der Waals surface area contributed by atoms with Crippen LogP contribution in [0.2, 0.25) is 0 Å². The lowest BCUT2D eigenvalue weighted by molar-refractivity contribution is -0.120. The van der Waals surface area contributed by atoms with Crippen molar-refractivity contribution >= 4 is 34.2 Å². The van der Waals surface area contributed by atoms with Crippen LogP contribution in [0.5, 0.6) is 0 Å². The first-order valence-electron chi connectivity index (χ1n) is 6.89. The summed E-state index contributed by atoms with van der Waals surface area (Å²) in [5.74, 6) is 0.0411. The quantitative estimate of drug-likeness (QED) is 0.683. The molecule has 21 heavy (non-hydrogen) atoms. The zero-order valence-electron chi connectivity index (χ0n) is 12.2.